The van der Waals surface area contributed by atoms with Gasteiger partial charge in [-0.25, -0.2) is 8.42 Å². The highest BCUT2D eigenvalue weighted by molar-refractivity contribution is 8.22. The van der Waals surface area contributed by atoms with Crippen molar-refractivity contribution >= 4 is 38.1 Å². The van der Waals surface area contributed by atoms with Crippen LogP contribution in [0.15, 0.2) is 0 Å². The van der Waals surface area contributed by atoms with Gasteiger partial charge in [-0.15, -0.1) is 0 Å². The first-order chi connectivity index (χ1) is 9.03. The largest absolute Gasteiger partial charge is 0.367 e. The van der Waals surface area contributed by atoms with Crippen molar-refractivity contribution in [3.05, 3.63) is 0 Å². The summed E-state index contributed by atoms with van der Waals surface area (Å²) in [5.74, 6) is 1.58. The van der Waals surface area contributed by atoms with Gasteiger partial charge in [0.05, 0.1) is 11.5 Å². The number of thiocarbonyl (C=S) groups is 1. The molecular formula is C13H25NO2S3. The van der Waals surface area contributed by atoms with Crippen LogP contribution in [0.5, 0.6) is 0 Å². The standard InChI is InChI=1S/C13H25NO2S3/c1-2-3-4-5-6-7-9-18-13(17)14-12-8-10-19(15,16)11-12/h12H,2-11H2,1H3,(H,14,17). The minimum Gasteiger partial charge on any atom is -0.367 e. The fourth-order valence-corrected chi connectivity index (χ4v) is 5.04. The first-order valence-corrected chi connectivity index (χ1v) is 10.4. The maximum Gasteiger partial charge on any atom is 0.152 e. The number of sulfone groups is 1. The Morgan fingerprint density at radius 3 is 2.58 bits per heavy atom. The Morgan fingerprint density at radius 1 is 1.26 bits per heavy atom. The molecule has 1 heterocycles. The van der Waals surface area contributed by atoms with Gasteiger partial charge >= 0.3 is 0 Å². The van der Waals surface area contributed by atoms with Crippen molar-refractivity contribution in [2.45, 2.75) is 57.9 Å². The predicted octanol–water partition coefficient (Wildman–Crippen LogP) is 3.14. The van der Waals surface area contributed by atoms with E-state index in [-0.39, 0.29) is 11.8 Å². The molecule has 19 heavy (non-hydrogen) atoms. The molecule has 1 aliphatic rings. The molecule has 1 unspecified atom stereocenters. The molecular weight excluding hydrogens is 298 g/mol. The SMILES string of the molecule is CCCCCCCCSC(=S)NC1CCS(=O)(=O)C1. The Kier molecular flexibility index (Phi) is 8.34. The van der Waals surface area contributed by atoms with Crippen LogP contribution in [-0.2, 0) is 9.84 Å². The lowest BCUT2D eigenvalue weighted by Gasteiger charge is -2.12. The molecule has 3 nitrogen and oxygen atoms in total. The summed E-state index contributed by atoms with van der Waals surface area (Å²) in [6, 6.07) is 0.0366. The van der Waals surface area contributed by atoms with Gasteiger partial charge in [0.1, 0.15) is 4.32 Å². The average molecular weight is 324 g/mol. The van der Waals surface area contributed by atoms with Gasteiger partial charge in [0, 0.05) is 11.8 Å². The number of nitrogens with one attached hydrogen (secondary N) is 1. The molecule has 0 aliphatic carbocycles. The molecule has 0 bridgehead atoms. The molecule has 112 valence electrons. The maximum atomic E-state index is 11.3. The molecule has 1 atom stereocenters. The molecule has 1 fully saturated rings. The third-order valence-electron chi connectivity index (χ3n) is 3.29. The molecule has 0 aromatic heterocycles. The first kappa shape index (κ1) is 17.2. The molecule has 1 N–H and O–H groups in total. The highest BCUT2D eigenvalue weighted by Crippen LogP contribution is 2.15. The van der Waals surface area contributed by atoms with Gasteiger partial charge in [-0.1, -0.05) is 63.0 Å². The fraction of sp³-hybridized carbons (Fsp3) is 0.923. The van der Waals surface area contributed by atoms with E-state index < -0.39 is 9.84 Å². The zero-order chi connectivity index (χ0) is 14.1. The van der Waals surface area contributed by atoms with Gasteiger partial charge in [-0.05, 0) is 12.8 Å². The van der Waals surface area contributed by atoms with Crippen molar-refractivity contribution < 1.29 is 8.42 Å². The van der Waals surface area contributed by atoms with Crippen LogP contribution in [0, 0.1) is 0 Å². The minimum absolute atomic E-state index is 0.0366. The Bertz CT molecular complexity index is 368. The molecule has 1 saturated heterocycles. The molecule has 1 rings (SSSR count). The van der Waals surface area contributed by atoms with Crippen molar-refractivity contribution in [2.24, 2.45) is 0 Å². The lowest BCUT2D eigenvalue weighted by molar-refractivity contribution is 0.600. The number of unbranched alkanes of at least 4 members (excludes halogenated alkanes) is 5. The van der Waals surface area contributed by atoms with E-state index >= 15 is 0 Å². The molecule has 0 radical (unpaired) electrons. The van der Waals surface area contributed by atoms with Crippen LogP contribution in [0.25, 0.3) is 0 Å². The molecule has 0 saturated carbocycles. The first-order valence-electron chi connectivity index (χ1n) is 7.17. The average Bonchev–Trinajstić information content (AvgIpc) is 2.67. The van der Waals surface area contributed by atoms with E-state index in [2.05, 4.69) is 12.2 Å². The Labute approximate surface area is 127 Å². The molecule has 0 spiro atoms. The van der Waals surface area contributed by atoms with Crippen molar-refractivity contribution in [3.8, 4) is 0 Å². The van der Waals surface area contributed by atoms with E-state index in [1.54, 1.807) is 11.8 Å². The number of hydrogen-bond acceptors (Lipinski definition) is 4. The third kappa shape index (κ3) is 8.15. The number of hydrogen-bond donors (Lipinski definition) is 1. The molecule has 6 heteroatoms. The van der Waals surface area contributed by atoms with Crippen LogP contribution in [-0.4, -0.2) is 36.0 Å². The van der Waals surface area contributed by atoms with E-state index in [4.69, 9.17) is 12.2 Å². The van der Waals surface area contributed by atoms with Gasteiger partial charge in [-0.3, -0.25) is 0 Å². The Hall–Kier alpha value is 0.190. The van der Waals surface area contributed by atoms with Gasteiger partial charge in [0.25, 0.3) is 0 Å². The Balaban J connectivity index is 2.00. The molecule has 0 aromatic carbocycles. The molecule has 0 aromatic rings. The second-order valence-corrected chi connectivity index (χ2v) is 9.15. The van der Waals surface area contributed by atoms with E-state index in [0.717, 1.165) is 10.1 Å². The van der Waals surface area contributed by atoms with Crippen LogP contribution in [0.3, 0.4) is 0 Å². The summed E-state index contributed by atoms with van der Waals surface area (Å²) in [7, 11) is -2.81. The van der Waals surface area contributed by atoms with Crippen LogP contribution < -0.4 is 5.32 Å². The summed E-state index contributed by atoms with van der Waals surface area (Å²) in [5.41, 5.74) is 0. The summed E-state index contributed by atoms with van der Waals surface area (Å²) in [5, 5.41) is 3.16. The van der Waals surface area contributed by atoms with Crippen LogP contribution in [0.4, 0.5) is 0 Å². The second kappa shape index (κ2) is 9.19. The molecule has 1 aliphatic heterocycles. The summed E-state index contributed by atoms with van der Waals surface area (Å²) >= 11 is 6.89. The fourth-order valence-electron chi connectivity index (χ4n) is 2.16. The van der Waals surface area contributed by atoms with Gasteiger partial charge in [-0.2, -0.15) is 0 Å². The summed E-state index contributed by atoms with van der Waals surface area (Å²) in [6.07, 6.45) is 8.43. The van der Waals surface area contributed by atoms with Crippen LogP contribution >= 0.6 is 24.0 Å². The lowest BCUT2D eigenvalue weighted by Crippen LogP contribution is -2.32. The second-order valence-electron chi connectivity index (χ2n) is 5.15. The van der Waals surface area contributed by atoms with Crippen LogP contribution in [0.1, 0.15) is 51.9 Å². The highest BCUT2D eigenvalue weighted by atomic mass is 32.2. The van der Waals surface area contributed by atoms with E-state index in [1.165, 1.54) is 38.5 Å². The van der Waals surface area contributed by atoms with Gasteiger partial charge in [0.15, 0.2) is 9.84 Å². The van der Waals surface area contributed by atoms with Gasteiger partial charge in [0.2, 0.25) is 0 Å². The van der Waals surface area contributed by atoms with E-state index in [1.807, 2.05) is 0 Å². The van der Waals surface area contributed by atoms with Crippen molar-refractivity contribution in [1.82, 2.24) is 5.32 Å². The summed E-state index contributed by atoms with van der Waals surface area (Å²) in [4.78, 5) is 0. The van der Waals surface area contributed by atoms with Crippen LogP contribution in [0.2, 0.25) is 0 Å². The number of thioether (sulfide) groups is 1. The predicted molar refractivity (Wildman–Crippen MR) is 88.6 cm³/mol. The lowest BCUT2D eigenvalue weighted by atomic mass is 10.1. The van der Waals surface area contributed by atoms with Gasteiger partial charge < -0.3 is 5.32 Å². The topological polar surface area (TPSA) is 46.2 Å². The maximum absolute atomic E-state index is 11.3. The molecule has 0 amide bonds. The quantitative estimate of drug-likeness (QED) is 0.549. The number of rotatable bonds is 8. The minimum atomic E-state index is -2.81. The normalized spacial score (nSPS) is 21.4. The van der Waals surface area contributed by atoms with Crippen molar-refractivity contribution in [2.75, 3.05) is 17.3 Å². The third-order valence-corrected chi connectivity index (χ3v) is 6.40. The zero-order valence-corrected chi connectivity index (χ0v) is 14.1. The summed E-state index contributed by atoms with van der Waals surface area (Å²) in [6.45, 7) is 2.23. The van der Waals surface area contributed by atoms with E-state index in [9.17, 15) is 8.42 Å². The van der Waals surface area contributed by atoms with Crippen molar-refractivity contribution in [1.29, 1.82) is 0 Å². The highest BCUT2D eigenvalue weighted by Gasteiger charge is 2.28. The van der Waals surface area contributed by atoms with E-state index in [0.29, 0.717) is 12.2 Å². The Morgan fingerprint density at radius 2 is 1.95 bits per heavy atom. The zero-order valence-electron chi connectivity index (χ0n) is 11.7. The van der Waals surface area contributed by atoms with Crippen molar-refractivity contribution in [3.63, 3.8) is 0 Å². The monoisotopic (exact) mass is 323 g/mol. The smallest absolute Gasteiger partial charge is 0.152 e. The summed E-state index contributed by atoms with van der Waals surface area (Å²) < 4.78 is 23.4.